The number of benzene rings is 1. The Morgan fingerprint density at radius 1 is 1.38 bits per heavy atom. The molecule has 0 spiro atoms. The Hall–Kier alpha value is -2.10. The smallest absolute Gasteiger partial charge is 0.235 e. The minimum absolute atomic E-state index is 0.362. The van der Waals surface area contributed by atoms with Gasteiger partial charge in [-0.05, 0) is 19.8 Å². The molecule has 0 aliphatic rings. The van der Waals surface area contributed by atoms with Crippen LogP contribution < -0.4 is 0 Å². The molecule has 0 unspecified atom stereocenters. The number of carbonyl (C=O) groups excluding carboxylic acids is 1. The number of hydrogen-bond donors (Lipinski definition) is 1. The highest BCUT2D eigenvalue weighted by Gasteiger charge is 2.08. The normalized spacial score (nSPS) is 9.88. The third-order valence-electron chi connectivity index (χ3n) is 1.74. The maximum atomic E-state index is 11.5. The Balaban J connectivity index is 2.89. The maximum Gasteiger partial charge on any atom is 0.235 e. The lowest BCUT2D eigenvalue weighted by Gasteiger charge is -2.05. The molecule has 1 aromatic carbocycles. The van der Waals surface area contributed by atoms with E-state index in [1.54, 1.807) is 24.3 Å². The average Bonchev–Trinajstić information content (AvgIpc) is 2.25. The lowest BCUT2D eigenvalue weighted by molar-refractivity contribution is 0.105. The van der Waals surface area contributed by atoms with Crippen molar-refractivity contribution in [2.45, 2.75) is 19.4 Å². The van der Waals surface area contributed by atoms with Crippen molar-refractivity contribution < 1.29 is 9.90 Å². The van der Waals surface area contributed by atoms with E-state index in [2.05, 4.69) is 16.7 Å². The van der Waals surface area contributed by atoms with Crippen LogP contribution in [0, 0.1) is 18.4 Å². The summed E-state index contributed by atoms with van der Waals surface area (Å²) in [6.45, 7) is 9.78. The molecular formula is C13H11NO2. The van der Waals surface area contributed by atoms with Gasteiger partial charge < -0.3 is 5.11 Å². The highest BCUT2D eigenvalue weighted by Crippen LogP contribution is 2.12. The summed E-state index contributed by atoms with van der Waals surface area (Å²) in [6, 6.07) is 6.22. The van der Waals surface area contributed by atoms with Crippen LogP contribution in [0.25, 0.3) is 4.85 Å². The lowest BCUT2D eigenvalue weighted by Crippen LogP contribution is -2.15. The maximum absolute atomic E-state index is 11.5. The fourth-order valence-electron chi connectivity index (χ4n) is 0.969. The summed E-state index contributed by atoms with van der Waals surface area (Å²) in [4.78, 5) is 14.7. The first kappa shape index (κ1) is 12.0. The molecule has 0 aromatic heterocycles. The van der Waals surface area contributed by atoms with Crippen molar-refractivity contribution in [1.29, 1.82) is 0 Å². The van der Waals surface area contributed by atoms with Crippen molar-refractivity contribution in [3.05, 3.63) is 41.2 Å². The lowest BCUT2D eigenvalue weighted by atomic mass is 10.1. The molecule has 0 fully saturated rings. The Morgan fingerprint density at radius 2 is 1.94 bits per heavy atom. The number of Topliss-reactive ketones (excluding diaryl/α,β-unsaturated/α-hetero) is 1. The first-order valence-corrected chi connectivity index (χ1v) is 4.70. The minimum atomic E-state index is -1.17. The van der Waals surface area contributed by atoms with Gasteiger partial charge in [0.2, 0.25) is 5.78 Å². The predicted octanol–water partition coefficient (Wildman–Crippen LogP) is 2.19. The van der Waals surface area contributed by atoms with E-state index >= 15 is 0 Å². The molecule has 1 aromatic rings. The third-order valence-corrected chi connectivity index (χ3v) is 1.74. The van der Waals surface area contributed by atoms with Gasteiger partial charge in [0.25, 0.3) is 0 Å². The summed E-state index contributed by atoms with van der Waals surface area (Å²) in [7, 11) is 0. The van der Waals surface area contributed by atoms with Gasteiger partial charge in [-0.15, -0.1) is 0 Å². The second-order valence-electron chi connectivity index (χ2n) is 3.80. The number of carbonyl (C=O) groups is 1. The van der Waals surface area contributed by atoms with E-state index in [1.165, 1.54) is 13.8 Å². The Labute approximate surface area is 94.5 Å². The summed E-state index contributed by atoms with van der Waals surface area (Å²) < 4.78 is 0. The summed E-state index contributed by atoms with van der Waals surface area (Å²) in [5, 5.41) is 9.33. The van der Waals surface area contributed by atoms with Crippen LogP contribution in [-0.2, 0) is 0 Å². The van der Waals surface area contributed by atoms with Crippen LogP contribution in [0.3, 0.4) is 0 Å². The monoisotopic (exact) mass is 213 g/mol. The third kappa shape index (κ3) is 3.57. The standard InChI is InChI=1S/C13H11NO2/c1-13(2,16)9-8-12(15)10-4-6-11(14-3)7-5-10/h4-7,16H,1-2H3. The van der Waals surface area contributed by atoms with Gasteiger partial charge in [0.05, 0.1) is 6.57 Å². The van der Waals surface area contributed by atoms with Crippen molar-refractivity contribution in [2.75, 3.05) is 0 Å². The molecular weight excluding hydrogens is 202 g/mol. The second-order valence-corrected chi connectivity index (χ2v) is 3.80. The molecule has 0 bridgehead atoms. The zero-order valence-corrected chi connectivity index (χ0v) is 9.11. The van der Waals surface area contributed by atoms with E-state index in [0.717, 1.165) is 0 Å². The van der Waals surface area contributed by atoms with E-state index in [0.29, 0.717) is 11.3 Å². The number of aliphatic hydroxyl groups is 1. The number of nitrogens with zero attached hydrogens (tertiary/aromatic N) is 1. The first-order valence-electron chi connectivity index (χ1n) is 4.70. The van der Waals surface area contributed by atoms with Crippen molar-refractivity contribution in [2.24, 2.45) is 0 Å². The first-order chi connectivity index (χ1) is 7.42. The van der Waals surface area contributed by atoms with Gasteiger partial charge in [0, 0.05) is 5.56 Å². The molecule has 0 atom stereocenters. The van der Waals surface area contributed by atoms with Crippen LogP contribution in [0.15, 0.2) is 24.3 Å². The summed E-state index contributed by atoms with van der Waals surface area (Å²) >= 11 is 0. The van der Waals surface area contributed by atoms with Crippen LogP contribution in [-0.4, -0.2) is 16.5 Å². The second kappa shape index (κ2) is 4.61. The summed E-state index contributed by atoms with van der Waals surface area (Å²) in [5.41, 5.74) is -0.275. The molecule has 0 saturated carbocycles. The molecule has 0 aliphatic carbocycles. The highest BCUT2D eigenvalue weighted by atomic mass is 16.3. The van der Waals surface area contributed by atoms with Gasteiger partial charge in [-0.1, -0.05) is 30.2 Å². The molecule has 3 nitrogen and oxygen atoms in total. The van der Waals surface area contributed by atoms with Gasteiger partial charge in [-0.25, -0.2) is 4.85 Å². The molecule has 0 radical (unpaired) electrons. The summed E-state index contributed by atoms with van der Waals surface area (Å²) in [5.74, 6) is 4.44. The van der Waals surface area contributed by atoms with Gasteiger partial charge in [-0.3, -0.25) is 4.79 Å². The van der Waals surface area contributed by atoms with Crippen LogP contribution in [0.5, 0.6) is 0 Å². The molecule has 0 heterocycles. The largest absolute Gasteiger partial charge is 0.378 e. The molecule has 80 valence electrons. The highest BCUT2D eigenvalue weighted by molar-refractivity contribution is 6.09. The van der Waals surface area contributed by atoms with E-state index in [9.17, 15) is 9.90 Å². The quantitative estimate of drug-likeness (QED) is 0.336. The van der Waals surface area contributed by atoms with Crippen molar-refractivity contribution >= 4 is 11.5 Å². The zero-order chi connectivity index (χ0) is 12.2. The predicted molar refractivity (Wildman–Crippen MR) is 61.1 cm³/mol. The van der Waals surface area contributed by atoms with E-state index < -0.39 is 5.60 Å². The van der Waals surface area contributed by atoms with E-state index in [4.69, 9.17) is 6.57 Å². The van der Waals surface area contributed by atoms with E-state index in [1.807, 2.05) is 0 Å². The van der Waals surface area contributed by atoms with Gasteiger partial charge in [-0.2, -0.15) is 0 Å². The Morgan fingerprint density at radius 3 is 2.38 bits per heavy atom. The number of rotatable bonds is 1. The Bertz CT molecular complexity index is 490. The number of hydrogen-bond acceptors (Lipinski definition) is 2. The SMILES string of the molecule is [C-]#[N+]c1ccc(C(=O)C#CC(C)(C)O)cc1. The fourth-order valence-corrected chi connectivity index (χ4v) is 0.969. The van der Waals surface area contributed by atoms with Crippen molar-refractivity contribution in [3.8, 4) is 11.8 Å². The minimum Gasteiger partial charge on any atom is -0.378 e. The number of ketones is 1. The van der Waals surface area contributed by atoms with Crippen LogP contribution in [0.4, 0.5) is 5.69 Å². The molecule has 1 rings (SSSR count). The van der Waals surface area contributed by atoms with Gasteiger partial charge in [0.15, 0.2) is 5.69 Å². The molecule has 16 heavy (non-hydrogen) atoms. The fraction of sp³-hybridized carbons (Fsp3) is 0.231. The average molecular weight is 213 g/mol. The molecule has 0 amide bonds. The Kier molecular flexibility index (Phi) is 3.45. The van der Waals surface area contributed by atoms with Gasteiger partial charge in [0.1, 0.15) is 5.60 Å². The van der Waals surface area contributed by atoms with Gasteiger partial charge >= 0.3 is 0 Å². The van der Waals surface area contributed by atoms with Crippen LogP contribution >= 0.6 is 0 Å². The van der Waals surface area contributed by atoms with Crippen molar-refractivity contribution in [3.63, 3.8) is 0 Å². The molecule has 0 saturated heterocycles. The zero-order valence-electron chi connectivity index (χ0n) is 9.11. The van der Waals surface area contributed by atoms with Crippen molar-refractivity contribution in [1.82, 2.24) is 0 Å². The van der Waals surface area contributed by atoms with Crippen LogP contribution in [0.1, 0.15) is 24.2 Å². The summed E-state index contributed by atoms with van der Waals surface area (Å²) in [6.07, 6.45) is 0. The van der Waals surface area contributed by atoms with E-state index in [-0.39, 0.29) is 5.78 Å². The molecule has 1 N–H and O–H groups in total. The topological polar surface area (TPSA) is 41.7 Å². The molecule has 0 aliphatic heterocycles. The van der Waals surface area contributed by atoms with Crippen LogP contribution in [0.2, 0.25) is 0 Å². The molecule has 3 heteroatoms.